The van der Waals surface area contributed by atoms with Crippen LogP contribution in [-0.4, -0.2) is 67.5 Å². The van der Waals surface area contributed by atoms with Crippen LogP contribution in [0.15, 0.2) is 133 Å². The van der Waals surface area contributed by atoms with Crippen molar-refractivity contribution in [2.45, 2.75) is 52.7 Å². The normalized spacial score (nSPS) is 11.3. The average Bonchev–Trinajstić information content (AvgIpc) is 3.27. The van der Waals surface area contributed by atoms with Crippen LogP contribution in [0.25, 0.3) is 0 Å². The Morgan fingerprint density at radius 1 is 0.470 bits per heavy atom. The molecule has 0 aliphatic carbocycles. The molecular formula is C49H48N4O13. The third-order valence-corrected chi connectivity index (χ3v) is 9.00. The molecule has 4 amide bonds. The maximum atomic E-state index is 12.7. The van der Waals surface area contributed by atoms with Crippen LogP contribution in [0, 0.1) is 0 Å². The summed E-state index contributed by atoms with van der Waals surface area (Å²) in [6.07, 6.45) is -3.19. The molecule has 0 aromatic heterocycles. The molecule has 17 heteroatoms. The molecule has 0 fully saturated rings. The van der Waals surface area contributed by atoms with Gasteiger partial charge >= 0.3 is 36.3 Å². The van der Waals surface area contributed by atoms with E-state index in [0.717, 1.165) is 29.2 Å². The van der Waals surface area contributed by atoms with Crippen LogP contribution in [0.4, 0.5) is 41.9 Å². The molecule has 17 nitrogen and oxygen atoms in total. The topological polar surface area (TPSA) is 223 Å². The molecule has 2 atom stereocenters. The number of hydrogen-bond donors (Lipinski definition) is 4. The lowest BCUT2D eigenvalue weighted by atomic mass is 10.0. The largest absolute Gasteiger partial charge is 0.458 e. The van der Waals surface area contributed by atoms with E-state index in [0.29, 0.717) is 35.6 Å². The van der Waals surface area contributed by atoms with Crippen LogP contribution in [0.3, 0.4) is 0 Å². The molecule has 0 radical (unpaired) electrons. The molecule has 0 heterocycles. The highest BCUT2D eigenvalue weighted by Crippen LogP contribution is 2.23. The molecule has 0 aliphatic rings. The molecule has 5 aromatic carbocycles. The minimum absolute atomic E-state index is 0.0935. The molecular weight excluding hydrogens is 853 g/mol. The SMILES string of the molecule is C=C(C)C(=O)OCC(C)OC(=O)Nc1ccc(Cc2ccc(NC(=O)Oc3cccc(OC(=O)Nc4ccc(Cc5ccc(NC(=O)OC(C)COC(=O)C(C)=O)cc5)cc4)c3)cc2)cc1. The highest BCUT2D eigenvalue weighted by molar-refractivity contribution is 6.32. The highest BCUT2D eigenvalue weighted by Gasteiger charge is 2.16. The molecule has 0 saturated heterocycles. The van der Waals surface area contributed by atoms with Crippen molar-refractivity contribution in [3.63, 3.8) is 0 Å². The van der Waals surface area contributed by atoms with E-state index in [9.17, 15) is 33.6 Å². The van der Waals surface area contributed by atoms with E-state index >= 15 is 0 Å². The van der Waals surface area contributed by atoms with E-state index in [-0.39, 0.29) is 30.3 Å². The quantitative estimate of drug-likeness (QED) is 0.0279. The minimum Gasteiger partial charge on any atom is -0.458 e. The lowest BCUT2D eigenvalue weighted by Crippen LogP contribution is -2.26. The fraction of sp³-hybridized carbons (Fsp3) is 0.204. The number of benzene rings is 5. The minimum atomic E-state index is -1.00. The van der Waals surface area contributed by atoms with Crippen LogP contribution in [0.1, 0.15) is 49.9 Å². The summed E-state index contributed by atoms with van der Waals surface area (Å²) in [5.41, 5.74) is 6.11. The van der Waals surface area contributed by atoms with Crippen LogP contribution in [-0.2, 0) is 46.2 Å². The number of hydrogen-bond acceptors (Lipinski definition) is 13. The summed E-state index contributed by atoms with van der Waals surface area (Å²) < 4.78 is 31.0. The maximum Gasteiger partial charge on any atom is 0.417 e. The first-order chi connectivity index (χ1) is 31.6. The Morgan fingerprint density at radius 3 is 1.11 bits per heavy atom. The number of anilines is 4. The Kier molecular flexibility index (Phi) is 17.5. The Labute approximate surface area is 380 Å². The highest BCUT2D eigenvalue weighted by atomic mass is 16.6. The van der Waals surface area contributed by atoms with Gasteiger partial charge in [-0.15, -0.1) is 0 Å². The second-order valence-corrected chi connectivity index (χ2v) is 14.9. The fourth-order valence-electron chi connectivity index (χ4n) is 5.74. The van der Waals surface area contributed by atoms with Gasteiger partial charge in [-0.25, -0.2) is 28.8 Å². The molecule has 342 valence electrons. The zero-order chi connectivity index (χ0) is 47.6. The third kappa shape index (κ3) is 16.7. The molecule has 0 aliphatic heterocycles. The Hall–Kier alpha value is -8.47. The van der Waals surface area contributed by atoms with Gasteiger partial charge in [0.25, 0.3) is 0 Å². The summed E-state index contributed by atoms with van der Waals surface area (Å²) >= 11 is 0. The molecule has 0 bridgehead atoms. The van der Waals surface area contributed by atoms with Gasteiger partial charge < -0.3 is 28.4 Å². The van der Waals surface area contributed by atoms with Gasteiger partial charge in [-0.05, 0) is 117 Å². The van der Waals surface area contributed by atoms with Gasteiger partial charge in [0.05, 0.1) is 0 Å². The predicted molar refractivity (Wildman–Crippen MR) is 244 cm³/mol. The van der Waals surface area contributed by atoms with Gasteiger partial charge in [0.15, 0.2) is 0 Å². The summed E-state index contributed by atoms with van der Waals surface area (Å²) in [6.45, 7) is 8.91. The fourth-order valence-corrected chi connectivity index (χ4v) is 5.74. The third-order valence-electron chi connectivity index (χ3n) is 9.00. The van der Waals surface area contributed by atoms with Crippen LogP contribution < -0.4 is 30.7 Å². The molecule has 0 saturated carbocycles. The van der Waals surface area contributed by atoms with E-state index < -0.39 is 54.3 Å². The van der Waals surface area contributed by atoms with E-state index in [1.54, 1.807) is 73.7 Å². The predicted octanol–water partition coefficient (Wildman–Crippen LogP) is 9.22. The van der Waals surface area contributed by atoms with E-state index in [1.807, 2.05) is 48.5 Å². The summed E-state index contributed by atoms with van der Waals surface area (Å²) in [5.74, 6) is -2.01. The summed E-state index contributed by atoms with van der Waals surface area (Å²) in [4.78, 5) is 83.6. The molecule has 4 N–H and O–H groups in total. The van der Waals surface area contributed by atoms with Crippen molar-refractivity contribution < 1.29 is 62.0 Å². The number of esters is 2. The van der Waals surface area contributed by atoms with Gasteiger partial charge in [-0.2, -0.15) is 0 Å². The van der Waals surface area contributed by atoms with Crippen LogP contribution >= 0.6 is 0 Å². The smallest absolute Gasteiger partial charge is 0.417 e. The molecule has 5 aromatic rings. The Morgan fingerprint density at radius 2 is 0.788 bits per heavy atom. The number of nitrogens with one attached hydrogen (secondary N) is 4. The van der Waals surface area contributed by atoms with Gasteiger partial charge in [-0.3, -0.25) is 26.1 Å². The Bertz CT molecular complexity index is 2350. The number of Topliss-reactive ketones (excluding diaryl/α,β-unsaturated/α-hetero) is 1. The number of ketones is 1. The van der Waals surface area contributed by atoms with Crippen LogP contribution in [0.5, 0.6) is 11.5 Å². The first-order valence-electron chi connectivity index (χ1n) is 20.5. The maximum absolute atomic E-state index is 12.7. The first-order valence-corrected chi connectivity index (χ1v) is 20.5. The zero-order valence-electron chi connectivity index (χ0n) is 36.5. The standard InChI is InChI=1S/C49H48N4O13/c1-30(2)44(55)61-28-31(3)63-46(57)50-38-17-9-34(10-18-38)25-36-13-21-40(22-14-36)52-48(59)65-42-7-6-8-43(27-42)66-49(60)53-41-23-15-37(16-24-41)26-35-11-19-39(20-12-35)51-47(58)64-32(4)29-62-45(56)33(5)54/h6-24,27,31-32H,1,25-26,28-29H2,2-5H3,(H,50,57)(H,51,58)(H,52,59)(H,53,60). The number of carbonyl (C=O) groups is 7. The van der Waals surface area contributed by atoms with E-state index in [4.69, 9.17) is 28.4 Å². The molecule has 2 unspecified atom stereocenters. The lowest BCUT2D eigenvalue weighted by molar-refractivity contribution is -0.154. The van der Waals surface area contributed by atoms with E-state index in [2.05, 4.69) is 27.8 Å². The van der Waals surface area contributed by atoms with Gasteiger partial charge in [0, 0.05) is 41.3 Å². The Balaban J connectivity index is 1.00. The number of ether oxygens (including phenoxy) is 6. The van der Waals surface area contributed by atoms with Crippen molar-refractivity contribution in [1.82, 2.24) is 0 Å². The second kappa shape index (κ2) is 23.8. The summed E-state index contributed by atoms with van der Waals surface area (Å²) in [6, 6.07) is 34.7. The van der Waals surface area contributed by atoms with Gasteiger partial charge in [0.1, 0.15) is 36.9 Å². The van der Waals surface area contributed by atoms with Gasteiger partial charge in [-0.1, -0.05) is 61.2 Å². The molecule has 66 heavy (non-hydrogen) atoms. The monoisotopic (exact) mass is 900 g/mol. The van der Waals surface area contributed by atoms with Crippen molar-refractivity contribution in [3.8, 4) is 11.5 Å². The zero-order valence-corrected chi connectivity index (χ0v) is 36.5. The number of carbonyl (C=O) groups excluding carboxylic acids is 7. The van der Waals surface area contributed by atoms with Crippen molar-refractivity contribution in [2.24, 2.45) is 0 Å². The van der Waals surface area contributed by atoms with E-state index in [1.165, 1.54) is 19.9 Å². The van der Waals surface area contributed by atoms with Crippen molar-refractivity contribution in [1.29, 1.82) is 0 Å². The molecule has 5 rings (SSSR count). The average molecular weight is 901 g/mol. The van der Waals surface area contributed by atoms with Crippen molar-refractivity contribution in [3.05, 3.63) is 156 Å². The number of rotatable bonds is 18. The summed E-state index contributed by atoms with van der Waals surface area (Å²) in [5, 5.41) is 10.6. The van der Waals surface area contributed by atoms with Crippen molar-refractivity contribution in [2.75, 3.05) is 34.5 Å². The lowest BCUT2D eigenvalue weighted by Gasteiger charge is -2.14. The molecule has 0 spiro atoms. The van der Waals surface area contributed by atoms with Crippen molar-refractivity contribution >= 4 is 64.8 Å². The summed E-state index contributed by atoms with van der Waals surface area (Å²) in [7, 11) is 0. The van der Waals surface area contributed by atoms with Gasteiger partial charge in [0.2, 0.25) is 5.78 Å². The number of amides is 4. The first kappa shape index (κ1) is 48.6. The second-order valence-electron chi connectivity index (χ2n) is 14.9. The van der Waals surface area contributed by atoms with Crippen LogP contribution in [0.2, 0.25) is 0 Å².